The van der Waals surface area contributed by atoms with Crippen molar-refractivity contribution in [2.45, 2.75) is 18.9 Å². The SMILES string of the molecule is CC1=CC#CC2c3cc(-c4ccccc4-n4c5ccccc5c5ccccc54)ccc3OC12. The number of aromatic nitrogens is 1. The molecule has 1 aromatic heterocycles. The summed E-state index contributed by atoms with van der Waals surface area (Å²) in [6, 6.07) is 32.5. The Balaban J connectivity index is 1.46. The van der Waals surface area contributed by atoms with Gasteiger partial charge in [0, 0.05) is 21.9 Å². The first-order valence-electron chi connectivity index (χ1n) is 11.4. The van der Waals surface area contributed by atoms with Gasteiger partial charge in [-0.25, -0.2) is 0 Å². The van der Waals surface area contributed by atoms with Gasteiger partial charge in [-0.3, -0.25) is 0 Å². The predicted octanol–water partition coefficient (Wildman–Crippen LogP) is 7.26. The highest BCUT2D eigenvalue weighted by Gasteiger charge is 2.35. The van der Waals surface area contributed by atoms with Crippen LogP contribution in [0.5, 0.6) is 5.75 Å². The minimum absolute atomic E-state index is 0.0316. The first kappa shape index (κ1) is 18.4. The molecule has 2 nitrogen and oxygen atoms in total. The highest BCUT2D eigenvalue weighted by Crippen LogP contribution is 2.44. The maximum absolute atomic E-state index is 6.26. The molecule has 0 spiro atoms. The van der Waals surface area contributed by atoms with E-state index < -0.39 is 0 Å². The summed E-state index contributed by atoms with van der Waals surface area (Å²) >= 11 is 0. The highest BCUT2D eigenvalue weighted by atomic mass is 16.5. The van der Waals surface area contributed by atoms with Crippen molar-refractivity contribution in [1.82, 2.24) is 4.57 Å². The molecule has 2 atom stereocenters. The zero-order valence-corrected chi connectivity index (χ0v) is 18.2. The summed E-state index contributed by atoms with van der Waals surface area (Å²) in [6.07, 6.45) is 2.01. The minimum Gasteiger partial charge on any atom is -0.484 e. The van der Waals surface area contributed by atoms with Crippen LogP contribution in [0.3, 0.4) is 0 Å². The average molecular weight is 424 g/mol. The molecule has 156 valence electrons. The van der Waals surface area contributed by atoms with Crippen LogP contribution in [0.1, 0.15) is 18.4 Å². The van der Waals surface area contributed by atoms with Gasteiger partial charge < -0.3 is 9.30 Å². The van der Waals surface area contributed by atoms with E-state index in [9.17, 15) is 0 Å². The second-order valence-corrected chi connectivity index (χ2v) is 8.83. The van der Waals surface area contributed by atoms with Crippen LogP contribution >= 0.6 is 0 Å². The van der Waals surface area contributed by atoms with E-state index in [1.54, 1.807) is 0 Å². The van der Waals surface area contributed by atoms with Gasteiger partial charge in [0.1, 0.15) is 11.9 Å². The minimum atomic E-state index is 0.0316. The predicted molar refractivity (Wildman–Crippen MR) is 135 cm³/mol. The Hall–Kier alpha value is -4.22. The third kappa shape index (κ3) is 2.63. The van der Waals surface area contributed by atoms with Gasteiger partial charge in [0.25, 0.3) is 0 Å². The molecule has 0 amide bonds. The Morgan fingerprint density at radius 1 is 0.788 bits per heavy atom. The fourth-order valence-electron chi connectivity index (χ4n) is 5.37. The fraction of sp³-hybridized carbons (Fsp3) is 0.0968. The quantitative estimate of drug-likeness (QED) is 0.273. The molecule has 0 radical (unpaired) electrons. The van der Waals surface area contributed by atoms with E-state index in [4.69, 9.17) is 4.74 Å². The number of allylic oxidation sites excluding steroid dienone is 1. The van der Waals surface area contributed by atoms with E-state index in [-0.39, 0.29) is 12.0 Å². The number of hydrogen-bond acceptors (Lipinski definition) is 1. The van der Waals surface area contributed by atoms with Gasteiger partial charge in [-0.1, -0.05) is 72.5 Å². The van der Waals surface area contributed by atoms with Crippen LogP contribution in [0, 0.1) is 11.8 Å². The lowest BCUT2D eigenvalue weighted by atomic mass is 9.88. The Morgan fingerprint density at radius 3 is 2.27 bits per heavy atom. The number of nitrogens with zero attached hydrogens (tertiary/aromatic N) is 1. The van der Waals surface area contributed by atoms with Crippen molar-refractivity contribution >= 4 is 21.8 Å². The summed E-state index contributed by atoms with van der Waals surface area (Å²) in [5.74, 6) is 7.62. The van der Waals surface area contributed by atoms with Gasteiger partial charge in [0.2, 0.25) is 0 Å². The highest BCUT2D eigenvalue weighted by molar-refractivity contribution is 6.09. The fourth-order valence-corrected chi connectivity index (χ4v) is 5.37. The van der Waals surface area contributed by atoms with Gasteiger partial charge in [-0.15, -0.1) is 0 Å². The van der Waals surface area contributed by atoms with Crippen LogP contribution in [0.15, 0.2) is 103 Å². The Bertz CT molecular complexity index is 1620. The standard InChI is InChI=1S/C31H21NO/c1-20-9-8-13-25-26-19-21(17-18-30(26)33-31(20)25)22-10-2-5-14-27(22)32-28-15-6-3-11-23(28)24-12-4-7-16-29(24)32/h2-7,9-12,14-19,25,31H,1H3. The molecule has 0 saturated carbocycles. The van der Waals surface area contributed by atoms with E-state index in [1.807, 2.05) is 6.08 Å². The van der Waals surface area contributed by atoms with Crippen molar-refractivity contribution < 1.29 is 4.74 Å². The number of hydrogen-bond donors (Lipinski definition) is 0. The van der Waals surface area contributed by atoms with Crippen molar-refractivity contribution in [3.8, 4) is 34.4 Å². The van der Waals surface area contributed by atoms with Crippen LogP contribution in [-0.2, 0) is 0 Å². The van der Waals surface area contributed by atoms with Crippen molar-refractivity contribution in [1.29, 1.82) is 0 Å². The zero-order valence-electron chi connectivity index (χ0n) is 18.2. The van der Waals surface area contributed by atoms with E-state index in [1.165, 1.54) is 49.8 Å². The summed E-state index contributed by atoms with van der Waals surface area (Å²) < 4.78 is 8.64. The monoisotopic (exact) mass is 423 g/mol. The average Bonchev–Trinajstić information content (AvgIpc) is 3.40. The molecule has 7 rings (SSSR count). The number of para-hydroxylation sites is 3. The van der Waals surface area contributed by atoms with Gasteiger partial charge in [0.05, 0.1) is 22.6 Å². The lowest BCUT2D eigenvalue weighted by molar-refractivity contribution is 0.259. The molecule has 0 fully saturated rings. The lowest BCUT2D eigenvalue weighted by Crippen LogP contribution is -2.20. The molecule has 2 aliphatic rings. The van der Waals surface area contributed by atoms with E-state index in [0.29, 0.717) is 0 Å². The molecular weight excluding hydrogens is 402 g/mol. The third-order valence-electron chi connectivity index (χ3n) is 6.93. The molecular formula is C31H21NO. The molecule has 2 heterocycles. The molecule has 0 bridgehead atoms. The molecule has 2 unspecified atom stereocenters. The molecule has 0 N–H and O–H groups in total. The summed E-state index contributed by atoms with van der Waals surface area (Å²) in [5.41, 5.74) is 8.38. The number of fused-ring (bicyclic) bond motifs is 6. The topological polar surface area (TPSA) is 14.2 Å². The smallest absolute Gasteiger partial charge is 0.138 e. The first-order chi connectivity index (χ1) is 16.3. The van der Waals surface area contributed by atoms with Crippen LogP contribution < -0.4 is 4.74 Å². The molecule has 1 aliphatic heterocycles. The summed E-state index contributed by atoms with van der Waals surface area (Å²) in [7, 11) is 0. The molecule has 1 aliphatic carbocycles. The Morgan fingerprint density at radius 2 is 1.48 bits per heavy atom. The zero-order chi connectivity index (χ0) is 21.9. The van der Waals surface area contributed by atoms with Crippen LogP contribution in [0.25, 0.3) is 38.6 Å². The van der Waals surface area contributed by atoms with Crippen molar-refractivity contribution in [2.75, 3.05) is 0 Å². The van der Waals surface area contributed by atoms with Gasteiger partial charge in [-0.2, -0.15) is 0 Å². The first-order valence-corrected chi connectivity index (χ1v) is 11.4. The second kappa shape index (κ2) is 6.89. The largest absolute Gasteiger partial charge is 0.484 e. The number of benzene rings is 4. The lowest BCUT2D eigenvalue weighted by Gasteiger charge is -2.17. The molecule has 33 heavy (non-hydrogen) atoms. The number of ether oxygens (including phenoxy) is 1. The van der Waals surface area contributed by atoms with Gasteiger partial charge in [-0.05, 0) is 54.5 Å². The van der Waals surface area contributed by atoms with Crippen molar-refractivity contribution in [2.24, 2.45) is 0 Å². The summed E-state index contributed by atoms with van der Waals surface area (Å²) in [5, 5.41) is 2.54. The maximum atomic E-state index is 6.26. The van der Waals surface area contributed by atoms with Crippen molar-refractivity contribution in [3.05, 3.63) is 108 Å². The Labute approximate surface area is 192 Å². The molecule has 2 heteroatoms. The molecule has 4 aromatic carbocycles. The third-order valence-corrected chi connectivity index (χ3v) is 6.93. The van der Waals surface area contributed by atoms with Gasteiger partial charge >= 0.3 is 0 Å². The van der Waals surface area contributed by atoms with Crippen LogP contribution in [-0.4, -0.2) is 10.7 Å². The van der Waals surface area contributed by atoms with Gasteiger partial charge in [0.15, 0.2) is 0 Å². The van der Waals surface area contributed by atoms with E-state index in [0.717, 1.165) is 5.75 Å². The van der Waals surface area contributed by atoms with E-state index >= 15 is 0 Å². The second-order valence-electron chi connectivity index (χ2n) is 8.83. The maximum Gasteiger partial charge on any atom is 0.138 e. The summed E-state index contributed by atoms with van der Waals surface area (Å²) in [6.45, 7) is 2.11. The Kier molecular flexibility index (Phi) is 3.83. The number of rotatable bonds is 2. The molecule has 5 aromatic rings. The van der Waals surface area contributed by atoms with Crippen molar-refractivity contribution in [3.63, 3.8) is 0 Å². The normalized spacial score (nSPS) is 18.3. The van der Waals surface area contributed by atoms with Crippen LogP contribution in [0.4, 0.5) is 0 Å². The van der Waals surface area contributed by atoms with E-state index in [2.05, 4.69) is 114 Å². The summed E-state index contributed by atoms with van der Waals surface area (Å²) in [4.78, 5) is 0. The molecule has 0 saturated heterocycles. The van der Waals surface area contributed by atoms with Crippen LogP contribution in [0.2, 0.25) is 0 Å².